The van der Waals surface area contributed by atoms with Crippen LogP contribution in [0, 0.1) is 3.57 Å². The average molecular weight is 379 g/mol. The number of pyridine rings is 1. The predicted molar refractivity (Wildman–Crippen MR) is 59.8 cm³/mol. The van der Waals surface area contributed by atoms with Crippen molar-refractivity contribution in [2.24, 2.45) is 0 Å². The Morgan fingerprint density at radius 2 is 2.11 bits per heavy atom. The van der Waals surface area contributed by atoms with Crippen LogP contribution >= 0.6 is 22.6 Å². The molecule has 0 aliphatic heterocycles. The van der Waals surface area contributed by atoms with Crippen LogP contribution < -0.4 is 4.74 Å². The molecule has 0 radical (unpaired) electrons. The van der Waals surface area contributed by atoms with E-state index in [0.29, 0.717) is 0 Å². The molecule has 4 nitrogen and oxygen atoms in total. The minimum absolute atomic E-state index is 0.0877. The van der Waals surface area contributed by atoms with Crippen LogP contribution in [0.5, 0.6) is 5.88 Å². The maximum absolute atomic E-state index is 12.7. The smallest absolute Gasteiger partial charge is 0.464 e. The van der Waals surface area contributed by atoms with Gasteiger partial charge in [-0.2, -0.15) is 0 Å². The van der Waals surface area contributed by atoms with Gasteiger partial charge in [-0.3, -0.25) is 0 Å². The number of carbonyl (C=O) groups excluding carboxylic acids is 1. The highest BCUT2D eigenvalue weighted by Crippen LogP contribution is 2.26. The van der Waals surface area contributed by atoms with Crippen LogP contribution in [0.4, 0.5) is 17.6 Å². The summed E-state index contributed by atoms with van der Waals surface area (Å²) in [5.41, 5.74) is -0.678. The minimum Gasteiger partial charge on any atom is -0.464 e. The van der Waals surface area contributed by atoms with Gasteiger partial charge in [0.2, 0.25) is 5.88 Å². The first-order valence-corrected chi connectivity index (χ1v) is 5.45. The molecular formula is C9H6F4INO3. The van der Waals surface area contributed by atoms with Crippen molar-refractivity contribution in [2.45, 2.75) is 13.0 Å². The molecule has 0 saturated carbocycles. The molecule has 0 aromatic carbocycles. The minimum atomic E-state index is -4.94. The Kier molecular flexibility index (Phi) is 4.71. The fraction of sp³-hybridized carbons (Fsp3) is 0.333. The van der Waals surface area contributed by atoms with Crippen molar-refractivity contribution in [2.75, 3.05) is 7.11 Å². The van der Waals surface area contributed by atoms with Gasteiger partial charge in [-0.05, 0) is 22.6 Å². The third-order valence-corrected chi connectivity index (χ3v) is 2.74. The van der Waals surface area contributed by atoms with Crippen LogP contribution in [0.2, 0.25) is 0 Å². The van der Waals surface area contributed by atoms with Gasteiger partial charge in [0.1, 0.15) is 6.67 Å². The average Bonchev–Trinajstić information content (AvgIpc) is 2.25. The van der Waals surface area contributed by atoms with E-state index in [1.54, 1.807) is 22.6 Å². The molecule has 0 aliphatic rings. The summed E-state index contributed by atoms with van der Waals surface area (Å²) < 4.78 is 56.7. The third kappa shape index (κ3) is 3.68. The third-order valence-electron chi connectivity index (χ3n) is 1.78. The number of esters is 1. The number of alkyl halides is 4. The summed E-state index contributed by atoms with van der Waals surface area (Å²) in [4.78, 5) is 14.6. The van der Waals surface area contributed by atoms with E-state index in [1.807, 2.05) is 0 Å². The van der Waals surface area contributed by atoms with Crippen LogP contribution in [0.15, 0.2) is 6.07 Å². The first-order valence-electron chi connectivity index (χ1n) is 4.38. The molecule has 0 N–H and O–H groups in total. The SMILES string of the molecule is COC(=O)c1nc(OC(F)(F)F)cc(I)c1CF. The molecule has 0 atom stereocenters. The van der Waals surface area contributed by atoms with Crippen molar-refractivity contribution >= 4 is 28.6 Å². The molecule has 1 aromatic rings. The largest absolute Gasteiger partial charge is 0.574 e. The zero-order valence-corrected chi connectivity index (χ0v) is 11.0. The molecule has 0 bridgehead atoms. The molecule has 0 fully saturated rings. The Morgan fingerprint density at radius 3 is 2.56 bits per heavy atom. The normalized spacial score (nSPS) is 11.2. The lowest BCUT2D eigenvalue weighted by atomic mass is 10.2. The van der Waals surface area contributed by atoms with Crippen molar-refractivity contribution in [3.8, 4) is 5.88 Å². The zero-order valence-electron chi connectivity index (χ0n) is 8.85. The standard InChI is InChI=1S/C9H6F4INO3/c1-17-8(16)7-4(3-10)5(14)2-6(15-7)18-9(11,12)13/h2H,3H2,1H3. The van der Waals surface area contributed by atoms with Crippen LogP contribution in [-0.2, 0) is 11.4 Å². The first-order chi connectivity index (χ1) is 8.28. The summed E-state index contributed by atoms with van der Waals surface area (Å²) in [7, 11) is 1.01. The Bertz CT molecular complexity index is 464. The number of nitrogens with zero attached hydrogens (tertiary/aromatic N) is 1. The van der Waals surface area contributed by atoms with E-state index in [0.717, 1.165) is 13.2 Å². The highest BCUT2D eigenvalue weighted by atomic mass is 127. The monoisotopic (exact) mass is 379 g/mol. The molecule has 0 unspecified atom stereocenters. The van der Waals surface area contributed by atoms with E-state index in [4.69, 9.17) is 0 Å². The van der Waals surface area contributed by atoms with Crippen molar-refractivity contribution in [1.82, 2.24) is 4.98 Å². The van der Waals surface area contributed by atoms with E-state index in [2.05, 4.69) is 14.5 Å². The van der Waals surface area contributed by atoms with E-state index in [1.165, 1.54) is 0 Å². The topological polar surface area (TPSA) is 48.4 Å². The van der Waals surface area contributed by atoms with Gasteiger partial charge < -0.3 is 9.47 Å². The highest BCUT2D eigenvalue weighted by molar-refractivity contribution is 14.1. The van der Waals surface area contributed by atoms with Crippen molar-refractivity contribution in [1.29, 1.82) is 0 Å². The first kappa shape index (κ1) is 14.9. The number of rotatable bonds is 3. The Labute approximate surface area is 112 Å². The molecule has 0 aliphatic carbocycles. The fourth-order valence-electron chi connectivity index (χ4n) is 1.08. The van der Waals surface area contributed by atoms with Gasteiger partial charge in [0.25, 0.3) is 0 Å². The summed E-state index contributed by atoms with van der Waals surface area (Å²) in [6, 6.07) is 0.884. The number of carbonyl (C=O) groups is 1. The molecule has 0 amide bonds. The van der Waals surface area contributed by atoms with Gasteiger partial charge in [-0.1, -0.05) is 0 Å². The fourth-order valence-corrected chi connectivity index (χ4v) is 1.75. The van der Waals surface area contributed by atoms with Gasteiger partial charge in [0, 0.05) is 15.2 Å². The number of hydrogen-bond donors (Lipinski definition) is 0. The van der Waals surface area contributed by atoms with Gasteiger partial charge in [-0.25, -0.2) is 14.2 Å². The molecule has 18 heavy (non-hydrogen) atoms. The highest BCUT2D eigenvalue weighted by Gasteiger charge is 2.33. The quantitative estimate of drug-likeness (QED) is 0.461. The van der Waals surface area contributed by atoms with Gasteiger partial charge in [0.05, 0.1) is 7.11 Å². The van der Waals surface area contributed by atoms with E-state index in [-0.39, 0.29) is 9.13 Å². The van der Waals surface area contributed by atoms with Crippen molar-refractivity contribution in [3.63, 3.8) is 0 Å². The lowest BCUT2D eigenvalue weighted by molar-refractivity contribution is -0.276. The molecule has 0 saturated heterocycles. The number of aromatic nitrogens is 1. The van der Waals surface area contributed by atoms with Crippen molar-refractivity contribution < 1.29 is 31.8 Å². The lowest BCUT2D eigenvalue weighted by Crippen LogP contribution is -2.20. The van der Waals surface area contributed by atoms with Crippen LogP contribution in [0.25, 0.3) is 0 Å². The Balaban J connectivity index is 3.26. The Morgan fingerprint density at radius 1 is 1.50 bits per heavy atom. The second kappa shape index (κ2) is 5.67. The molecule has 9 heteroatoms. The molecule has 1 rings (SSSR count). The maximum Gasteiger partial charge on any atom is 0.574 e. The molecule has 0 spiro atoms. The van der Waals surface area contributed by atoms with Crippen LogP contribution in [0.1, 0.15) is 16.1 Å². The van der Waals surface area contributed by atoms with E-state index in [9.17, 15) is 22.4 Å². The predicted octanol–water partition coefficient (Wildman–Crippen LogP) is 2.84. The van der Waals surface area contributed by atoms with Crippen molar-refractivity contribution in [3.05, 3.63) is 20.9 Å². The molecule has 100 valence electrons. The summed E-state index contributed by atoms with van der Waals surface area (Å²) in [5, 5.41) is 0. The number of halogens is 5. The van der Waals surface area contributed by atoms with E-state index >= 15 is 0 Å². The number of hydrogen-bond acceptors (Lipinski definition) is 4. The summed E-state index contributed by atoms with van der Waals surface area (Å²) in [6.45, 7) is -1.05. The zero-order chi connectivity index (χ0) is 13.9. The number of ether oxygens (including phenoxy) is 2. The lowest BCUT2D eigenvalue weighted by Gasteiger charge is -2.11. The number of methoxy groups -OCH3 is 1. The molecule has 1 heterocycles. The summed E-state index contributed by atoms with van der Waals surface area (Å²) >= 11 is 1.58. The van der Waals surface area contributed by atoms with Gasteiger partial charge >= 0.3 is 12.3 Å². The summed E-state index contributed by atoms with van der Waals surface area (Å²) in [6.07, 6.45) is -4.94. The molecular weight excluding hydrogens is 373 g/mol. The van der Waals surface area contributed by atoms with Crippen LogP contribution in [0.3, 0.4) is 0 Å². The Hall–Kier alpha value is -1.13. The van der Waals surface area contributed by atoms with Gasteiger partial charge in [0.15, 0.2) is 5.69 Å². The van der Waals surface area contributed by atoms with E-state index < -0.39 is 30.6 Å². The summed E-state index contributed by atoms with van der Waals surface area (Å²) in [5.74, 6) is -1.88. The maximum atomic E-state index is 12.7. The second-order valence-electron chi connectivity index (χ2n) is 2.94. The van der Waals surface area contributed by atoms with Gasteiger partial charge in [-0.15, -0.1) is 13.2 Å². The second-order valence-corrected chi connectivity index (χ2v) is 4.10. The molecule has 1 aromatic heterocycles. The van der Waals surface area contributed by atoms with Crippen LogP contribution in [-0.4, -0.2) is 24.4 Å².